The van der Waals surface area contributed by atoms with Crippen LogP contribution in [0.25, 0.3) is 0 Å². The first-order valence-corrected chi connectivity index (χ1v) is 6.07. The van der Waals surface area contributed by atoms with E-state index in [-0.39, 0.29) is 6.04 Å². The van der Waals surface area contributed by atoms with Gasteiger partial charge in [0.1, 0.15) is 0 Å². The van der Waals surface area contributed by atoms with Crippen molar-refractivity contribution in [3.8, 4) is 0 Å². The maximum atomic E-state index is 10.1. The van der Waals surface area contributed by atoms with E-state index in [4.69, 9.17) is 5.73 Å². The fourth-order valence-electron chi connectivity index (χ4n) is 2.56. The molecule has 1 rings (SSSR count). The van der Waals surface area contributed by atoms with Gasteiger partial charge in [0.05, 0.1) is 5.60 Å². The van der Waals surface area contributed by atoms with Gasteiger partial charge in [-0.25, -0.2) is 0 Å². The molecule has 2 nitrogen and oxygen atoms in total. The van der Waals surface area contributed by atoms with Crippen LogP contribution in [0.2, 0.25) is 0 Å². The van der Waals surface area contributed by atoms with Crippen molar-refractivity contribution in [1.82, 2.24) is 0 Å². The minimum atomic E-state index is -0.409. The van der Waals surface area contributed by atoms with Crippen molar-refractivity contribution in [2.75, 3.05) is 0 Å². The van der Waals surface area contributed by atoms with Crippen LogP contribution in [0.4, 0.5) is 0 Å². The molecule has 0 heterocycles. The Balaban J connectivity index is 2.25. The van der Waals surface area contributed by atoms with Gasteiger partial charge in [-0.15, -0.1) is 0 Å². The summed E-state index contributed by atoms with van der Waals surface area (Å²) in [5.74, 6) is 0.701. The van der Waals surface area contributed by atoms with E-state index in [0.717, 1.165) is 19.3 Å². The zero-order chi connectivity index (χ0) is 10.6. The largest absolute Gasteiger partial charge is 0.390 e. The molecule has 1 aliphatic rings. The Hall–Kier alpha value is -0.0800. The summed E-state index contributed by atoms with van der Waals surface area (Å²) < 4.78 is 0. The number of nitrogens with two attached hydrogens (primary N) is 1. The smallest absolute Gasteiger partial charge is 0.0680 e. The maximum absolute atomic E-state index is 10.1. The summed E-state index contributed by atoms with van der Waals surface area (Å²) in [5.41, 5.74) is 5.30. The van der Waals surface area contributed by atoms with Crippen LogP contribution in [0.15, 0.2) is 0 Å². The van der Waals surface area contributed by atoms with Crippen LogP contribution >= 0.6 is 0 Å². The Labute approximate surface area is 87.9 Å². The van der Waals surface area contributed by atoms with E-state index in [9.17, 15) is 5.11 Å². The molecule has 3 N–H and O–H groups in total. The highest BCUT2D eigenvalue weighted by Gasteiger charge is 2.41. The monoisotopic (exact) mass is 199 g/mol. The molecular weight excluding hydrogens is 174 g/mol. The number of rotatable bonds is 6. The lowest BCUT2D eigenvalue weighted by atomic mass is 9.70. The van der Waals surface area contributed by atoms with Crippen LogP contribution in [0, 0.1) is 5.92 Å². The minimum absolute atomic E-state index is 0.253. The fraction of sp³-hybridized carbons (Fsp3) is 1.00. The van der Waals surface area contributed by atoms with Crippen LogP contribution in [0.5, 0.6) is 0 Å². The van der Waals surface area contributed by atoms with Gasteiger partial charge < -0.3 is 10.8 Å². The zero-order valence-electron chi connectivity index (χ0n) is 9.63. The normalized spacial score (nSPS) is 33.9. The average molecular weight is 199 g/mol. The van der Waals surface area contributed by atoms with Gasteiger partial charge in [0.15, 0.2) is 0 Å². The fourth-order valence-corrected chi connectivity index (χ4v) is 2.56. The molecule has 0 saturated heterocycles. The summed E-state index contributed by atoms with van der Waals surface area (Å²) in [6.45, 7) is 4.45. The molecule has 0 aliphatic heterocycles. The predicted molar refractivity (Wildman–Crippen MR) is 60.1 cm³/mol. The van der Waals surface area contributed by atoms with E-state index in [2.05, 4.69) is 13.8 Å². The molecule has 0 aromatic rings. The summed E-state index contributed by atoms with van der Waals surface area (Å²) in [4.78, 5) is 0. The summed E-state index contributed by atoms with van der Waals surface area (Å²) in [5, 5.41) is 10.1. The SMILES string of the molecule is CCCCC(CC)CC1(O)CC(N)C1. The van der Waals surface area contributed by atoms with Crippen LogP contribution in [0.1, 0.15) is 58.8 Å². The average Bonchev–Trinajstić information content (AvgIpc) is 2.10. The molecule has 0 aromatic heterocycles. The molecule has 0 amide bonds. The highest BCUT2D eigenvalue weighted by molar-refractivity contribution is 4.97. The molecule has 1 saturated carbocycles. The standard InChI is InChI=1S/C12H25NO/c1-3-5-6-10(4-2)7-12(14)8-11(13)9-12/h10-11,14H,3-9,13H2,1-2H3. The third-order valence-corrected chi connectivity index (χ3v) is 3.50. The Morgan fingerprint density at radius 2 is 2.07 bits per heavy atom. The third kappa shape index (κ3) is 3.25. The highest BCUT2D eigenvalue weighted by atomic mass is 16.3. The molecule has 1 aliphatic carbocycles. The first-order chi connectivity index (χ1) is 6.59. The summed E-state index contributed by atoms with van der Waals surface area (Å²) in [7, 11) is 0. The molecule has 0 bridgehead atoms. The van der Waals surface area contributed by atoms with Gasteiger partial charge in [0.25, 0.3) is 0 Å². The number of hydrogen-bond acceptors (Lipinski definition) is 2. The summed E-state index contributed by atoms with van der Waals surface area (Å²) >= 11 is 0. The topological polar surface area (TPSA) is 46.2 Å². The van der Waals surface area contributed by atoms with E-state index in [1.54, 1.807) is 0 Å². The molecule has 0 radical (unpaired) electrons. The van der Waals surface area contributed by atoms with Crippen LogP contribution in [-0.2, 0) is 0 Å². The van der Waals surface area contributed by atoms with Crippen LogP contribution in [0.3, 0.4) is 0 Å². The van der Waals surface area contributed by atoms with Gasteiger partial charge in [-0.2, -0.15) is 0 Å². The Kier molecular flexibility index (Phi) is 4.39. The molecule has 1 fully saturated rings. The van der Waals surface area contributed by atoms with Crippen molar-refractivity contribution in [3.05, 3.63) is 0 Å². The van der Waals surface area contributed by atoms with E-state index >= 15 is 0 Å². The molecule has 1 unspecified atom stereocenters. The Morgan fingerprint density at radius 1 is 1.43 bits per heavy atom. The molecule has 2 heteroatoms. The van der Waals surface area contributed by atoms with Crippen molar-refractivity contribution >= 4 is 0 Å². The highest BCUT2D eigenvalue weighted by Crippen LogP contribution is 2.38. The van der Waals surface area contributed by atoms with E-state index in [1.807, 2.05) is 0 Å². The van der Waals surface area contributed by atoms with Gasteiger partial charge in [0, 0.05) is 6.04 Å². The first kappa shape index (κ1) is 12.0. The van der Waals surface area contributed by atoms with Gasteiger partial charge >= 0.3 is 0 Å². The number of hydrogen-bond donors (Lipinski definition) is 2. The van der Waals surface area contributed by atoms with Gasteiger partial charge in [-0.1, -0.05) is 39.5 Å². The van der Waals surface area contributed by atoms with E-state index in [0.29, 0.717) is 5.92 Å². The van der Waals surface area contributed by atoms with Gasteiger partial charge in [-0.3, -0.25) is 0 Å². The minimum Gasteiger partial charge on any atom is -0.390 e. The summed E-state index contributed by atoms with van der Waals surface area (Å²) in [6.07, 6.45) is 7.61. The predicted octanol–water partition coefficient (Wildman–Crippen LogP) is 2.45. The third-order valence-electron chi connectivity index (χ3n) is 3.50. The Morgan fingerprint density at radius 3 is 2.50 bits per heavy atom. The van der Waals surface area contributed by atoms with Crippen molar-refractivity contribution < 1.29 is 5.11 Å². The lowest BCUT2D eigenvalue weighted by molar-refractivity contribution is -0.0658. The molecule has 14 heavy (non-hydrogen) atoms. The molecular formula is C12H25NO. The second-order valence-corrected chi connectivity index (χ2v) is 5.01. The zero-order valence-corrected chi connectivity index (χ0v) is 9.63. The molecule has 0 spiro atoms. The lowest BCUT2D eigenvalue weighted by Gasteiger charge is -2.43. The lowest BCUT2D eigenvalue weighted by Crippen LogP contribution is -2.52. The van der Waals surface area contributed by atoms with Crippen molar-refractivity contribution in [2.45, 2.75) is 70.4 Å². The number of aliphatic hydroxyl groups is 1. The van der Waals surface area contributed by atoms with E-state index in [1.165, 1.54) is 25.7 Å². The second-order valence-electron chi connectivity index (χ2n) is 5.01. The first-order valence-electron chi connectivity index (χ1n) is 6.07. The second kappa shape index (κ2) is 5.13. The van der Waals surface area contributed by atoms with Gasteiger partial charge in [-0.05, 0) is 25.2 Å². The molecule has 0 aromatic carbocycles. The van der Waals surface area contributed by atoms with E-state index < -0.39 is 5.60 Å². The van der Waals surface area contributed by atoms with Crippen molar-refractivity contribution in [2.24, 2.45) is 11.7 Å². The summed E-state index contributed by atoms with van der Waals surface area (Å²) in [6, 6.07) is 0.253. The number of unbranched alkanes of at least 4 members (excludes halogenated alkanes) is 1. The van der Waals surface area contributed by atoms with Crippen LogP contribution < -0.4 is 5.73 Å². The maximum Gasteiger partial charge on any atom is 0.0680 e. The van der Waals surface area contributed by atoms with Crippen molar-refractivity contribution in [1.29, 1.82) is 0 Å². The van der Waals surface area contributed by atoms with Crippen molar-refractivity contribution in [3.63, 3.8) is 0 Å². The van der Waals surface area contributed by atoms with Gasteiger partial charge in [0.2, 0.25) is 0 Å². The van der Waals surface area contributed by atoms with Crippen LogP contribution in [-0.4, -0.2) is 16.7 Å². The molecule has 1 atom stereocenters. The quantitative estimate of drug-likeness (QED) is 0.690. The Bertz CT molecular complexity index is 164. The molecule has 84 valence electrons.